The maximum atomic E-state index is 13.5. The van der Waals surface area contributed by atoms with Gasteiger partial charge >= 0.3 is 5.69 Å². The van der Waals surface area contributed by atoms with Crippen molar-refractivity contribution in [3.8, 4) is 0 Å². The molecule has 0 saturated heterocycles. The lowest BCUT2D eigenvalue weighted by Gasteiger charge is -2.23. The number of aromatic nitrogens is 2. The zero-order chi connectivity index (χ0) is 24.8. The summed E-state index contributed by atoms with van der Waals surface area (Å²) in [7, 11) is 0. The minimum atomic E-state index is -0.778. The van der Waals surface area contributed by atoms with Crippen molar-refractivity contribution in [3.05, 3.63) is 134 Å². The van der Waals surface area contributed by atoms with E-state index < -0.39 is 23.0 Å². The monoisotopic (exact) mass is 470 g/mol. The van der Waals surface area contributed by atoms with Crippen LogP contribution in [0.3, 0.4) is 0 Å². The van der Waals surface area contributed by atoms with Crippen LogP contribution in [-0.2, 0) is 17.9 Å². The number of carbonyl (C=O) groups excluding carboxylic acids is 1. The predicted octanol–water partition coefficient (Wildman–Crippen LogP) is 3.55. The summed E-state index contributed by atoms with van der Waals surface area (Å²) in [5, 5.41) is 0. The summed E-state index contributed by atoms with van der Waals surface area (Å²) in [6.07, 6.45) is 2.69. The molecular weight excluding hydrogens is 447 g/mol. The molecule has 0 atom stereocenters. The Morgan fingerprint density at radius 1 is 0.943 bits per heavy atom. The number of nitrogens with one attached hydrogen (secondary N) is 1. The second kappa shape index (κ2) is 10.5. The van der Waals surface area contributed by atoms with Gasteiger partial charge in [0.05, 0.1) is 13.1 Å². The van der Waals surface area contributed by atoms with Crippen LogP contribution in [0.15, 0.2) is 101 Å². The van der Waals surface area contributed by atoms with Crippen molar-refractivity contribution >= 4 is 23.5 Å². The third kappa shape index (κ3) is 5.62. The van der Waals surface area contributed by atoms with Crippen LogP contribution in [-0.4, -0.2) is 15.5 Å². The molecule has 1 heterocycles. The standard InChI is InChI=1S/C27H23FN4O3/c28-22-13-7-12-19(16-22)14-15-23(33)31(17-20-8-3-1-4-9-20)24-25(29)32(27(35)30-26(24)34)18-21-10-5-2-6-11-21/h1-16H,17-18,29H2,(H,30,34,35)/b15-14-. The molecule has 0 saturated carbocycles. The van der Waals surface area contributed by atoms with E-state index in [0.29, 0.717) is 5.56 Å². The van der Waals surface area contributed by atoms with E-state index in [0.717, 1.165) is 11.1 Å². The molecular formula is C27H23FN4O3. The van der Waals surface area contributed by atoms with Crippen molar-refractivity contribution < 1.29 is 9.18 Å². The summed E-state index contributed by atoms with van der Waals surface area (Å²) < 4.78 is 14.8. The lowest BCUT2D eigenvalue weighted by atomic mass is 10.1. The highest BCUT2D eigenvalue weighted by Crippen LogP contribution is 2.21. The van der Waals surface area contributed by atoms with Gasteiger partial charge in [-0.15, -0.1) is 0 Å². The molecule has 8 heteroatoms. The van der Waals surface area contributed by atoms with Crippen LogP contribution in [0, 0.1) is 5.82 Å². The molecule has 176 valence electrons. The van der Waals surface area contributed by atoms with Gasteiger partial charge in [0.25, 0.3) is 11.5 Å². The Bertz CT molecular complexity index is 1480. The van der Waals surface area contributed by atoms with E-state index in [1.807, 2.05) is 48.5 Å². The van der Waals surface area contributed by atoms with Crippen molar-refractivity contribution in [3.63, 3.8) is 0 Å². The Balaban J connectivity index is 1.78. The molecule has 1 aromatic heterocycles. The van der Waals surface area contributed by atoms with E-state index in [2.05, 4.69) is 4.98 Å². The molecule has 0 spiro atoms. The maximum absolute atomic E-state index is 13.5. The third-order valence-electron chi connectivity index (χ3n) is 5.38. The van der Waals surface area contributed by atoms with Gasteiger partial charge in [0.1, 0.15) is 11.6 Å². The zero-order valence-electron chi connectivity index (χ0n) is 18.7. The van der Waals surface area contributed by atoms with Gasteiger partial charge in [-0.05, 0) is 34.9 Å². The average molecular weight is 471 g/mol. The number of benzene rings is 3. The first-order chi connectivity index (χ1) is 16.9. The minimum absolute atomic E-state index is 0.0317. The summed E-state index contributed by atoms with van der Waals surface area (Å²) in [6.45, 7) is 0.145. The van der Waals surface area contributed by atoms with E-state index in [-0.39, 0.29) is 24.6 Å². The lowest BCUT2D eigenvalue weighted by Crippen LogP contribution is -2.40. The SMILES string of the molecule is Nc1c(N(Cc2ccccc2)C(=O)/C=C\c2cccc(F)c2)c(=O)[nH]c(=O)n1Cc1ccccc1. The summed E-state index contributed by atoms with van der Waals surface area (Å²) in [4.78, 5) is 42.3. The summed E-state index contributed by atoms with van der Waals surface area (Å²) in [6, 6.07) is 24.0. The molecule has 0 aliphatic carbocycles. The van der Waals surface area contributed by atoms with Crippen LogP contribution in [0.5, 0.6) is 0 Å². The highest BCUT2D eigenvalue weighted by atomic mass is 19.1. The number of halogens is 1. The van der Waals surface area contributed by atoms with Crippen LogP contribution in [0.1, 0.15) is 16.7 Å². The molecule has 3 N–H and O–H groups in total. The molecule has 0 fully saturated rings. The fourth-order valence-corrected chi connectivity index (χ4v) is 3.66. The number of nitrogens with two attached hydrogens (primary N) is 1. The summed E-state index contributed by atoms with van der Waals surface area (Å²) in [5.74, 6) is -1.12. The van der Waals surface area contributed by atoms with Gasteiger partial charge in [-0.2, -0.15) is 0 Å². The predicted molar refractivity (Wildman–Crippen MR) is 134 cm³/mol. The van der Waals surface area contributed by atoms with Gasteiger partial charge in [0, 0.05) is 6.08 Å². The first-order valence-corrected chi connectivity index (χ1v) is 10.9. The molecule has 0 bridgehead atoms. The number of carbonyl (C=O) groups is 1. The molecule has 35 heavy (non-hydrogen) atoms. The summed E-state index contributed by atoms with van der Waals surface area (Å²) in [5.41, 5.74) is 6.76. The van der Waals surface area contributed by atoms with E-state index in [9.17, 15) is 18.8 Å². The Kier molecular flexibility index (Phi) is 7.02. The third-order valence-corrected chi connectivity index (χ3v) is 5.38. The number of aromatic amines is 1. The fourth-order valence-electron chi connectivity index (χ4n) is 3.66. The van der Waals surface area contributed by atoms with Crippen molar-refractivity contribution in [2.45, 2.75) is 13.1 Å². The maximum Gasteiger partial charge on any atom is 0.330 e. The van der Waals surface area contributed by atoms with Crippen LogP contribution in [0.25, 0.3) is 6.08 Å². The number of amides is 1. The largest absolute Gasteiger partial charge is 0.383 e. The number of nitrogens with zero attached hydrogens (tertiary/aromatic N) is 2. The topological polar surface area (TPSA) is 101 Å². The van der Waals surface area contributed by atoms with Gasteiger partial charge in [0.2, 0.25) is 0 Å². The van der Waals surface area contributed by atoms with E-state index in [4.69, 9.17) is 5.73 Å². The number of H-pyrrole nitrogens is 1. The average Bonchev–Trinajstić information content (AvgIpc) is 2.86. The van der Waals surface area contributed by atoms with Crippen molar-refractivity contribution in [1.82, 2.24) is 9.55 Å². The molecule has 4 rings (SSSR count). The second-order valence-corrected chi connectivity index (χ2v) is 7.86. The van der Waals surface area contributed by atoms with Crippen LogP contribution < -0.4 is 21.9 Å². The molecule has 0 aliphatic rings. The first kappa shape index (κ1) is 23.4. The molecule has 7 nitrogen and oxygen atoms in total. The van der Waals surface area contributed by atoms with E-state index in [1.165, 1.54) is 39.8 Å². The Morgan fingerprint density at radius 3 is 2.26 bits per heavy atom. The highest BCUT2D eigenvalue weighted by molar-refractivity contribution is 6.05. The quantitative estimate of drug-likeness (QED) is 0.403. The van der Waals surface area contributed by atoms with Gasteiger partial charge in [-0.3, -0.25) is 24.0 Å². The number of nitrogen functional groups attached to an aromatic ring is 1. The van der Waals surface area contributed by atoms with Gasteiger partial charge < -0.3 is 5.73 Å². The normalized spacial score (nSPS) is 11.0. The molecule has 1 amide bonds. The van der Waals surface area contributed by atoms with Crippen molar-refractivity contribution in [2.24, 2.45) is 0 Å². The molecule has 3 aromatic carbocycles. The number of rotatable bonds is 7. The number of anilines is 2. The van der Waals surface area contributed by atoms with Gasteiger partial charge in [-0.25, -0.2) is 9.18 Å². The Hall–Kier alpha value is -4.72. The number of hydrogen-bond donors (Lipinski definition) is 2. The Morgan fingerprint density at radius 2 is 1.60 bits per heavy atom. The van der Waals surface area contributed by atoms with E-state index >= 15 is 0 Å². The van der Waals surface area contributed by atoms with Crippen LogP contribution in [0.4, 0.5) is 15.9 Å². The molecule has 0 radical (unpaired) electrons. The lowest BCUT2D eigenvalue weighted by molar-refractivity contribution is -0.114. The van der Waals surface area contributed by atoms with Crippen molar-refractivity contribution in [1.29, 1.82) is 0 Å². The van der Waals surface area contributed by atoms with E-state index in [1.54, 1.807) is 18.2 Å². The minimum Gasteiger partial charge on any atom is -0.383 e. The van der Waals surface area contributed by atoms with Crippen molar-refractivity contribution in [2.75, 3.05) is 10.6 Å². The van der Waals surface area contributed by atoms with Crippen LogP contribution >= 0.6 is 0 Å². The number of hydrogen-bond acceptors (Lipinski definition) is 4. The van der Waals surface area contributed by atoms with Gasteiger partial charge in [0.15, 0.2) is 5.69 Å². The second-order valence-electron chi connectivity index (χ2n) is 7.86. The first-order valence-electron chi connectivity index (χ1n) is 10.9. The molecule has 0 unspecified atom stereocenters. The Labute approximate surface area is 200 Å². The molecule has 0 aliphatic heterocycles. The molecule has 4 aromatic rings. The van der Waals surface area contributed by atoms with Gasteiger partial charge in [-0.1, -0.05) is 72.8 Å². The smallest absolute Gasteiger partial charge is 0.330 e. The highest BCUT2D eigenvalue weighted by Gasteiger charge is 2.23. The zero-order valence-corrected chi connectivity index (χ0v) is 18.7. The van der Waals surface area contributed by atoms with Crippen LogP contribution in [0.2, 0.25) is 0 Å². The summed E-state index contributed by atoms with van der Waals surface area (Å²) >= 11 is 0. The fraction of sp³-hybridized carbons (Fsp3) is 0.0741.